The summed E-state index contributed by atoms with van der Waals surface area (Å²) in [6, 6.07) is 17.5. The van der Waals surface area contributed by atoms with Crippen molar-refractivity contribution in [1.82, 2.24) is 10.2 Å². The maximum atomic E-state index is 12.6. The van der Waals surface area contributed by atoms with Crippen LogP contribution < -0.4 is 4.72 Å². The first-order valence-corrected chi connectivity index (χ1v) is 11.2. The quantitative estimate of drug-likeness (QED) is 0.413. The standard InChI is InChI=1S/C22H16ClN3O5S/c1-13-2-4-14(5-3-13)20-24-25-21(31-20)15-6-8-16(9-7-15)26-32(29,30)17-10-11-19(23)18(12-17)22(27)28/h2-12,26H,1H3,(H,27,28). The number of carboxylic acids is 1. The van der Waals surface area contributed by atoms with Crippen LogP contribution in [0.5, 0.6) is 0 Å². The Bertz CT molecular complexity index is 1400. The molecular formula is C22H16ClN3O5S. The summed E-state index contributed by atoms with van der Waals surface area (Å²) in [7, 11) is -4.02. The molecule has 4 aromatic rings. The largest absolute Gasteiger partial charge is 0.478 e. The molecule has 0 amide bonds. The molecule has 162 valence electrons. The molecule has 0 fully saturated rings. The number of hydrogen-bond acceptors (Lipinski definition) is 6. The summed E-state index contributed by atoms with van der Waals surface area (Å²) in [6.07, 6.45) is 0. The SMILES string of the molecule is Cc1ccc(-c2nnc(-c3ccc(NS(=O)(=O)c4ccc(Cl)c(C(=O)O)c4)cc3)o2)cc1. The van der Waals surface area contributed by atoms with Crippen molar-refractivity contribution < 1.29 is 22.7 Å². The first kappa shape index (κ1) is 21.5. The number of anilines is 1. The Morgan fingerprint density at radius 1 is 0.938 bits per heavy atom. The van der Waals surface area contributed by atoms with Crippen molar-refractivity contribution in [1.29, 1.82) is 0 Å². The lowest BCUT2D eigenvalue weighted by Gasteiger charge is -2.09. The van der Waals surface area contributed by atoms with Gasteiger partial charge in [-0.25, -0.2) is 13.2 Å². The van der Waals surface area contributed by atoms with Crippen LogP contribution in [-0.2, 0) is 10.0 Å². The molecule has 2 N–H and O–H groups in total. The van der Waals surface area contributed by atoms with Gasteiger partial charge in [0.2, 0.25) is 11.8 Å². The van der Waals surface area contributed by atoms with E-state index >= 15 is 0 Å². The van der Waals surface area contributed by atoms with E-state index in [1.54, 1.807) is 12.1 Å². The molecule has 0 aliphatic carbocycles. The van der Waals surface area contributed by atoms with Crippen LogP contribution in [0.25, 0.3) is 22.9 Å². The lowest BCUT2D eigenvalue weighted by Crippen LogP contribution is -2.14. The summed E-state index contributed by atoms with van der Waals surface area (Å²) >= 11 is 5.81. The molecule has 3 aromatic carbocycles. The second-order valence-electron chi connectivity index (χ2n) is 6.91. The van der Waals surface area contributed by atoms with Crippen molar-refractivity contribution in [3.8, 4) is 22.9 Å². The van der Waals surface area contributed by atoms with Gasteiger partial charge in [-0.1, -0.05) is 29.3 Å². The van der Waals surface area contributed by atoms with Crippen LogP contribution >= 0.6 is 11.6 Å². The van der Waals surface area contributed by atoms with E-state index in [0.29, 0.717) is 17.3 Å². The number of rotatable bonds is 6. The zero-order valence-corrected chi connectivity index (χ0v) is 18.2. The molecule has 1 aromatic heterocycles. The van der Waals surface area contributed by atoms with Crippen molar-refractivity contribution >= 4 is 33.3 Å². The van der Waals surface area contributed by atoms with Gasteiger partial charge >= 0.3 is 5.97 Å². The minimum absolute atomic E-state index is 0.0506. The number of carboxylic acid groups (broad SMARTS) is 1. The number of carbonyl (C=O) groups is 1. The van der Waals surface area contributed by atoms with E-state index in [1.807, 2.05) is 31.2 Å². The van der Waals surface area contributed by atoms with Crippen molar-refractivity contribution in [3.05, 3.63) is 82.9 Å². The Morgan fingerprint density at radius 2 is 1.50 bits per heavy atom. The van der Waals surface area contributed by atoms with Gasteiger partial charge in [-0.15, -0.1) is 10.2 Å². The van der Waals surface area contributed by atoms with E-state index in [9.17, 15) is 13.2 Å². The Labute approximate surface area is 188 Å². The fourth-order valence-corrected chi connectivity index (χ4v) is 4.17. The van der Waals surface area contributed by atoms with Gasteiger partial charge in [0, 0.05) is 16.8 Å². The highest BCUT2D eigenvalue weighted by Crippen LogP contribution is 2.27. The van der Waals surface area contributed by atoms with Crippen LogP contribution in [0, 0.1) is 6.92 Å². The average Bonchev–Trinajstić information content (AvgIpc) is 3.25. The van der Waals surface area contributed by atoms with E-state index < -0.39 is 16.0 Å². The second kappa shape index (κ2) is 8.45. The molecule has 0 atom stereocenters. The highest BCUT2D eigenvalue weighted by Gasteiger charge is 2.19. The molecule has 4 rings (SSSR count). The molecule has 0 unspecified atom stereocenters. The molecule has 0 radical (unpaired) electrons. The number of halogens is 1. The van der Waals surface area contributed by atoms with Gasteiger partial charge in [-0.05, 0) is 61.5 Å². The van der Waals surface area contributed by atoms with E-state index in [0.717, 1.165) is 17.2 Å². The van der Waals surface area contributed by atoms with Gasteiger partial charge in [0.1, 0.15) is 0 Å². The number of benzene rings is 3. The summed E-state index contributed by atoms with van der Waals surface area (Å²) in [5, 5.41) is 17.2. The predicted octanol–water partition coefficient (Wildman–Crippen LogP) is 4.86. The molecule has 8 nitrogen and oxygen atoms in total. The number of aryl methyl sites for hydroxylation is 1. The molecule has 0 saturated heterocycles. The maximum Gasteiger partial charge on any atom is 0.337 e. The molecular weight excluding hydrogens is 454 g/mol. The number of aromatic carboxylic acids is 1. The minimum Gasteiger partial charge on any atom is -0.478 e. The minimum atomic E-state index is -4.02. The number of nitrogens with one attached hydrogen (secondary N) is 1. The second-order valence-corrected chi connectivity index (χ2v) is 9.00. The third kappa shape index (κ3) is 4.48. The lowest BCUT2D eigenvalue weighted by molar-refractivity contribution is 0.0697. The summed E-state index contributed by atoms with van der Waals surface area (Å²) in [5.41, 5.74) is 2.50. The molecule has 0 aliphatic rings. The van der Waals surface area contributed by atoms with Gasteiger partial charge < -0.3 is 9.52 Å². The van der Waals surface area contributed by atoms with Crippen LogP contribution in [0.3, 0.4) is 0 Å². The van der Waals surface area contributed by atoms with Gasteiger partial charge in [-0.2, -0.15) is 0 Å². The third-order valence-electron chi connectivity index (χ3n) is 4.59. The zero-order chi connectivity index (χ0) is 22.9. The first-order chi connectivity index (χ1) is 15.2. The van der Waals surface area contributed by atoms with Gasteiger partial charge in [-0.3, -0.25) is 4.72 Å². The number of hydrogen-bond donors (Lipinski definition) is 2. The molecule has 0 aliphatic heterocycles. The number of sulfonamides is 1. The van der Waals surface area contributed by atoms with E-state index in [1.165, 1.54) is 24.3 Å². The fraction of sp³-hybridized carbons (Fsp3) is 0.0455. The van der Waals surface area contributed by atoms with Crippen molar-refractivity contribution in [2.45, 2.75) is 11.8 Å². The normalized spacial score (nSPS) is 11.3. The number of aromatic nitrogens is 2. The van der Waals surface area contributed by atoms with Crippen molar-refractivity contribution in [2.75, 3.05) is 4.72 Å². The molecule has 1 heterocycles. The van der Waals surface area contributed by atoms with Gasteiger partial charge in [0.25, 0.3) is 10.0 Å². The zero-order valence-electron chi connectivity index (χ0n) is 16.6. The summed E-state index contributed by atoms with van der Waals surface area (Å²) in [6.45, 7) is 1.98. The van der Waals surface area contributed by atoms with Crippen LogP contribution in [0.2, 0.25) is 5.02 Å². The Hall–Kier alpha value is -3.69. The summed E-state index contributed by atoms with van der Waals surface area (Å²) in [5.74, 6) is -0.651. The molecule has 0 saturated carbocycles. The average molecular weight is 470 g/mol. The molecule has 0 bridgehead atoms. The van der Waals surface area contributed by atoms with E-state index in [4.69, 9.17) is 21.1 Å². The Kier molecular flexibility index (Phi) is 5.68. The van der Waals surface area contributed by atoms with E-state index in [2.05, 4.69) is 14.9 Å². The predicted molar refractivity (Wildman–Crippen MR) is 119 cm³/mol. The highest BCUT2D eigenvalue weighted by molar-refractivity contribution is 7.92. The van der Waals surface area contributed by atoms with Gasteiger partial charge in [0.15, 0.2) is 0 Å². The first-order valence-electron chi connectivity index (χ1n) is 9.29. The Balaban J connectivity index is 1.54. The third-order valence-corrected chi connectivity index (χ3v) is 6.29. The summed E-state index contributed by atoms with van der Waals surface area (Å²) in [4.78, 5) is 11.0. The van der Waals surface area contributed by atoms with Crippen LogP contribution in [0.15, 0.2) is 76.0 Å². The molecule has 32 heavy (non-hydrogen) atoms. The molecule has 0 spiro atoms. The Morgan fingerprint density at radius 3 is 2.06 bits per heavy atom. The fourth-order valence-electron chi connectivity index (χ4n) is 2.88. The number of nitrogens with zero attached hydrogens (tertiary/aromatic N) is 2. The lowest BCUT2D eigenvalue weighted by atomic mass is 10.1. The summed E-state index contributed by atoms with van der Waals surface area (Å²) < 4.78 is 33.4. The monoisotopic (exact) mass is 469 g/mol. The van der Waals surface area contributed by atoms with Crippen LogP contribution in [0.4, 0.5) is 5.69 Å². The van der Waals surface area contributed by atoms with Gasteiger partial charge in [0.05, 0.1) is 15.5 Å². The maximum absolute atomic E-state index is 12.6. The smallest absolute Gasteiger partial charge is 0.337 e. The van der Waals surface area contributed by atoms with E-state index in [-0.39, 0.29) is 21.2 Å². The van der Waals surface area contributed by atoms with Crippen LogP contribution in [-0.4, -0.2) is 29.7 Å². The van der Waals surface area contributed by atoms with Crippen molar-refractivity contribution in [3.63, 3.8) is 0 Å². The van der Waals surface area contributed by atoms with Crippen LogP contribution in [0.1, 0.15) is 15.9 Å². The molecule has 10 heteroatoms. The topological polar surface area (TPSA) is 122 Å². The van der Waals surface area contributed by atoms with Crippen molar-refractivity contribution in [2.24, 2.45) is 0 Å². The highest BCUT2D eigenvalue weighted by atomic mass is 35.5.